The van der Waals surface area contributed by atoms with Gasteiger partial charge in [0.05, 0.1) is 17.2 Å². The molecule has 3 N–H and O–H groups in total. The standard InChI is InChI=1S/C11H13BrClFN2O/c12-7-4-3-6(10(14)9(7)13)11(16-15)8-2-1-5-17-8/h3-4,8,11,16H,1-2,5,15H2. The summed E-state index contributed by atoms with van der Waals surface area (Å²) in [5.41, 5.74) is 3.05. The molecule has 94 valence electrons. The molecule has 0 amide bonds. The van der Waals surface area contributed by atoms with Crippen LogP contribution in [0.4, 0.5) is 4.39 Å². The van der Waals surface area contributed by atoms with Crippen LogP contribution in [0.1, 0.15) is 24.4 Å². The Morgan fingerprint density at radius 1 is 1.59 bits per heavy atom. The first-order valence-corrected chi connectivity index (χ1v) is 6.53. The van der Waals surface area contributed by atoms with E-state index in [1.54, 1.807) is 12.1 Å². The minimum absolute atomic E-state index is 0.0701. The van der Waals surface area contributed by atoms with Gasteiger partial charge in [0.1, 0.15) is 5.82 Å². The van der Waals surface area contributed by atoms with E-state index in [1.165, 1.54) is 0 Å². The van der Waals surface area contributed by atoms with Gasteiger partial charge in [-0.1, -0.05) is 17.7 Å². The van der Waals surface area contributed by atoms with Gasteiger partial charge in [0.15, 0.2) is 0 Å². The predicted molar refractivity (Wildman–Crippen MR) is 68.1 cm³/mol. The lowest BCUT2D eigenvalue weighted by molar-refractivity contribution is 0.0772. The van der Waals surface area contributed by atoms with Gasteiger partial charge < -0.3 is 4.74 Å². The molecular formula is C11H13BrClFN2O. The Morgan fingerprint density at radius 3 is 2.94 bits per heavy atom. The Labute approximate surface area is 113 Å². The number of hydrogen-bond acceptors (Lipinski definition) is 3. The first-order valence-electron chi connectivity index (χ1n) is 5.36. The Bertz CT molecular complexity index is 413. The lowest BCUT2D eigenvalue weighted by Gasteiger charge is -2.23. The van der Waals surface area contributed by atoms with Crippen molar-refractivity contribution in [2.75, 3.05) is 6.61 Å². The van der Waals surface area contributed by atoms with Gasteiger partial charge in [-0.15, -0.1) is 0 Å². The molecule has 0 radical (unpaired) electrons. The molecule has 2 atom stereocenters. The van der Waals surface area contributed by atoms with Gasteiger partial charge in [-0.05, 0) is 34.8 Å². The van der Waals surface area contributed by atoms with Gasteiger partial charge in [-0.25, -0.2) is 4.39 Å². The fourth-order valence-corrected chi connectivity index (χ4v) is 2.52. The average molecular weight is 324 g/mol. The van der Waals surface area contributed by atoms with E-state index in [1.807, 2.05) is 0 Å². The third kappa shape index (κ3) is 2.63. The Balaban J connectivity index is 2.33. The Morgan fingerprint density at radius 2 is 2.35 bits per heavy atom. The normalized spacial score (nSPS) is 21.8. The molecule has 0 aromatic heterocycles. The molecule has 1 aliphatic rings. The second-order valence-electron chi connectivity index (χ2n) is 3.96. The van der Waals surface area contributed by atoms with Crippen molar-refractivity contribution in [3.05, 3.63) is 33.0 Å². The first-order chi connectivity index (χ1) is 8.15. The largest absolute Gasteiger partial charge is 0.376 e. The summed E-state index contributed by atoms with van der Waals surface area (Å²) in [6.45, 7) is 0.689. The van der Waals surface area contributed by atoms with Crippen molar-refractivity contribution in [1.29, 1.82) is 0 Å². The Kier molecular flexibility index (Phi) is 4.38. The van der Waals surface area contributed by atoms with E-state index in [-0.39, 0.29) is 17.2 Å². The smallest absolute Gasteiger partial charge is 0.147 e. The molecule has 1 fully saturated rings. The Hall–Kier alpha value is -0.200. The zero-order valence-corrected chi connectivity index (χ0v) is 11.4. The van der Waals surface area contributed by atoms with Gasteiger partial charge in [0.25, 0.3) is 0 Å². The molecule has 1 aliphatic heterocycles. The van der Waals surface area contributed by atoms with Gasteiger partial charge in [0, 0.05) is 16.6 Å². The zero-order valence-electron chi connectivity index (χ0n) is 9.05. The fourth-order valence-electron chi connectivity index (χ4n) is 2.04. The molecular weight excluding hydrogens is 310 g/mol. The van der Waals surface area contributed by atoms with Gasteiger partial charge in [-0.2, -0.15) is 0 Å². The third-order valence-electron chi connectivity index (χ3n) is 2.92. The average Bonchev–Trinajstić information content (AvgIpc) is 2.84. The second-order valence-corrected chi connectivity index (χ2v) is 5.19. The number of hydrogen-bond donors (Lipinski definition) is 2. The fraction of sp³-hybridized carbons (Fsp3) is 0.455. The molecule has 0 saturated carbocycles. The maximum Gasteiger partial charge on any atom is 0.147 e. The van der Waals surface area contributed by atoms with Crippen LogP contribution >= 0.6 is 27.5 Å². The van der Waals surface area contributed by atoms with Crippen LogP contribution in [0.3, 0.4) is 0 Å². The number of benzene rings is 1. The van der Waals surface area contributed by atoms with E-state index in [2.05, 4.69) is 21.4 Å². The molecule has 2 unspecified atom stereocenters. The van der Waals surface area contributed by atoms with Crippen LogP contribution in [-0.2, 0) is 4.74 Å². The topological polar surface area (TPSA) is 47.3 Å². The van der Waals surface area contributed by atoms with E-state index >= 15 is 0 Å². The van der Waals surface area contributed by atoms with E-state index in [9.17, 15) is 4.39 Å². The van der Waals surface area contributed by atoms with Gasteiger partial charge in [-0.3, -0.25) is 11.3 Å². The molecule has 17 heavy (non-hydrogen) atoms. The van der Waals surface area contributed by atoms with Crippen molar-refractivity contribution in [3.63, 3.8) is 0 Å². The summed E-state index contributed by atoms with van der Waals surface area (Å²) in [7, 11) is 0. The minimum atomic E-state index is -0.459. The predicted octanol–water partition coefficient (Wildman–Crippen LogP) is 2.93. The van der Waals surface area contributed by atoms with Gasteiger partial charge in [0.2, 0.25) is 0 Å². The highest BCUT2D eigenvalue weighted by Gasteiger charge is 2.29. The maximum absolute atomic E-state index is 14.0. The molecule has 0 aliphatic carbocycles. The van der Waals surface area contributed by atoms with Crippen molar-refractivity contribution in [1.82, 2.24) is 5.43 Å². The molecule has 0 spiro atoms. The zero-order chi connectivity index (χ0) is 12.4. The highest BCUT2D eigenvalue weighted by atomic mass is 79.9. The lowest BCUT2D eigenvalue weighted by atomic mass is 9.99. The summed E-state index contributed by atoms with van der Waals surface area (Å²) < 4.78 is 20.1. The van der Waals surface area contributed by atoms with Crippen LogP contribution in [0.2, 0.25) is 5.02 Å². The molecule has 1 aromatic carbocycles. The van der Waals surface area contributed by atoms with Crippen LogP contribution in [0.15, 0.2) is 16.6 Å². The minimum Gasteiger partial charge on any atom is -0.376 e. The summed E-state index contributed by atoms with van der Waals surface area (Å²) in [4.78, 5) is 0. The lowest BCUT2D eigenvalue weighted by Crippen LogP contribution is -2.36. The van der Waals surface area contributed by atoms with Crippen LogP contribution in [-0.4, -0.2) is 12.7 Å². The summed E-state index contributed by atoms with van der Waals surface area (Å²) in [5, 5.41) is 0.0701. The molecule has 0 bridgehead atoms. The van der Waals surface area contributed by atoms with Crippen molar-refractivity contribution in [3.8, 4) is 0 Å². The van der Waals surface area contributed by atoms with Crippen molar-refractivity contribution >= 4 is 27.5 Å². The van der Waals surface area contributed by atoms with E-state index < -0.39 is 5.82 Å². The highest BCUT2D eigenvalue weighted by Crippen LogP contribution is 2.33. The summed E-state index contributed by atoms with van der Waals surface area (Å²) >= 11 is 9.04. The molecule has 2 rings (SSSR count). The quantitative estimate of drug-likeness (QED) is 0.511. The van der Waals surface area contributed by atoms with Gasteiger partial charge >= 0.3 is 0 Å². The SMILES string of the molecule is NNC(c1ccc(Br)c(Cl)c1F)C1CCCO1. The van der Waals surface area contributed by atoms with Crippen LogP contribution in [0.25, 0.3) is 0 Å². The second kappa shape index (κ2) is 5.63. The van der Waals surface area contributed by atoms with E-state index in [4.69, 9.17) is 22.2 Å². The molecule has 3 nitrogen and oxygen atoms in total. The van der Waals surface area contributed by atoms with Crippen molar-refractivity contribution in [2.24, 2.45) is 5.84 Å². The highest BCUT2D eigenvalue weighted by molar-refractivity contribution is 9.10. The number of halogens is 3. The maximum atomic E-state index is 14.0. The van der Waals surface area contributed by atoms with Crippen molar-refractivity contribution in [2.45, 2.75) is 25.0 Å². The number of nitrogens with one attached hydrogen (secondary N) is 1. The monoisotopic (exact) mass is 322 g/mol. The van der Waals surface area contributed by atoms with Crippen LogP contribution in [0.5, 0.6) is 0 Å². The summed E-state index contributed by atoms with van der Waals surface area (Å²) in [6.07, 6.45) is 1.73. The summed E-state index contributed by atoms with van der Waals surface area (Å²) in [6, 6.07) is 3.00. The molecule has 6 heteroatoms. The van der Waals surface area contributed by atoms with Crippen LogP contribution in [0, 0.1) is 5.82 Å². The van der Waals surface area contributed by atoms with Crippen LogP contribution < -0.4 is 11.3 Å². The third-order valence-corrected chi connectivity index (χ3v) is 4.17. The number of hydrazine groups is 1. The molecule has 1 saturated heterocycles. The number of rotatable bonds is 3. The molecule has 1 aromatic rings. The number of nitrogens with two attached hydrogens (primary N) is 1. The van der Waals surface area contributed by atoms with Crippen molar-refractivity contribution < 1.29 is 9.13 Å². The first kappa shape index (κ1) is 13.2. The van der Waals surface area contributed by atoms with E-state index in [0.29, 0.717) is 16.6 Å². The summed E-state index contributed by atoms with van der Waals surface area (Å²) in [5.74, 6) is 5.03. The number of ether oxygens (including phenoxy) is 1. The van der Waals surface area contributed by atoms with E-state index in [0.717, 1.165) is 12.8 Å². The molecule has 1 heterocycles.